The lowest BCUT2D eigenvalue weighted by Crippen LogP contribution is -2.37. The smallest absolute Gasteiger partial charge is 0.235 e. The zero-order chi connectivity index (χ0) is 10.6. The van der Waals surface area contributed by atoms with Crippen LogP contribution >= 0.6 is 0 Å². The van der Waals surface area contributed by atoms with E-state index in [0.29, 0.717) is 19.5 Å². The standard InChI is InChI=1S/C7H14N2O4S/c1-13-8(6-10)7-14(11,12)9-4-2-3-5-9/h6H,2-5,7H2,1H3. The van der Waals surface area contributed by atoms with Gasteiger partial charge in [-0.2, -0.15) is 0 Å². The van der Waals surface area contributed by atoms with Crippen LogP contribution < -0.4 is 0 Å². The van der Waals surface area contributed by atoms with Crippen LogP contribution in [0, 0.1) is 0 Å². The van der Waals surface area contributed by atoms with Gasteiger partial charge < -0.3 is 0 Å². The highest BCUT2D eigenvalue weighted by atomic mass is 32.2. The number of amides is 1. The molecule has 0 radical (unpaired) electrons. The molecule has 1 fully saturated rings. The molecule has 1 aliphatic heterocycles. The third kappa shape index (κ3) is 2.66. The first kappa shape index (κ1) is 11.4. The van der Waals surface area contributed by atoms with Gasteiger partial charge in [-0.15, -0.1) is 0 Å². The number of rotatable bonds is 5. The molecule has 0 saturated carbocycles. The van der Waals surface area contributed by atoms with Gasteiger partial charge in [-0.3, -0.25) is 9.63 Å². The van der Waals surface area contributed by atoms with E-state index in [0.717, 1.165) is 17.9 Å². The van der Waals surface area contributed by atoms with Crippen molar-refractivity contribution in [2.24, 2.45) is 0 Å². The molecule has 6 nitrogen and oxygen atoms in total. The van der Waals surface area contributed by atoms with Crippen LogP contribution in [0.25, 0.3) is 0 Å². The summed E-state index contributed by atoms with van der Waals surface area (Å²) in [6.07, 6.45) is 2.12. The van der Waals surface area contributed by atoms with Gasteiger partial charge >= 0.3 is 0 Å². The molecular formula is C7H14N2O4S. The Kier molecular flexibility index (Phi) is 3.85. The van der Waals surface area contributed by atoms with E-state index in [1.54, 1.807) is 0 Å². The number of hydrogen-bond acceptors (Lipinski definition) is 4. The van der Waals surface area contributed by atoms with Gasteiger partial charge in [0.1, 0.15) is 0 Å². The zero-order valence-corrected chi connectivity index (χ0v) is 8.87. The molecular weight excluding hydrogens is 208 g/mol. The monoisotopic (exact) mass is 222 g/mol. The Morgan fingerprint density at radius 2 is 2.00 bits per heavy atom. The maximum Gasteiger partial charge on any atom is 0.235 e. The minimum atomic E-state index is -3.38. The molecule has 1 heterocycles. The molecule has 1 amide bonds. The van der Waals surface area contributed by atoms with Crippen LogP contribution in [-0.4, -0.2) is 50.3 Å². The Hall–Kier alpha value is -0.660. The average Bonchev–Trinajstić information content (AvgIpc) is 2.67. The van der Waals surface area contributed by atoms with E-state index < -0.39 is 15.9 Å². The highest BCUT2D eigenvalue weighted by Gasteiger charge is 2.27. The van der Waals surface area contributed by atoms with Gasteiger partial charge in [0, 0.05) is 13.1 Å². The molecule has 0 N–H and O–H groups in total. The predicted octanol–water partition coefficient (Wildman–Crippen LogP) is -0.611. The van der Waals surface area contributed by atoms with Gasteiger partial charge in [0.05, 0.1) is 7.11 Å². The van der Waals surface area contributed by atoms with Crippen LogP contribution in [0.2, 0.25) is 0 Å². The van der Waals surface area contributed by atoms with Gasteiger partial charge in [-0.05, 0) is 12.8 Å². The summed E-state index contributed by atoms with van der Waals surface area (Å²) >= 11 is 0. The van der Waals surface area contributed by atoms with Crippen molar-refractivity contribution >= 4 is 16.4 Å². The van der Waals surface area contributed by atoms with Gasteiger partial charge in [-0.1, -0.05) is 0 Å². The molecule has 1 rings (SSSR count). The lowest BCUT2D eigenvalue weighted by molar-refractivity contribution is -0.155. The van der Waals surface area contributed by atoms with Crippen molar-refractivity contribution in [2.45, 2.75) is 12.8 Å². The van der Waals surface area contributed by atoms with Crippen LogP contribution in [0.1, 0.15) is 12.8 Å². The van der Waals surface area contributed by atoms with Crippen LogP contribution in [0.5, 0.6) is 0 Å². The third-order valence-electron chi connectivity index (χ3n) is 2.10. The average molecular weight is 222 g/mol. The van der Waals surface area contributed by atoms with Gasteiger partial charge in [-0.25, -0.2) is 17.8 Å². The number of hydroxylamine groups is 2. The molecule has 1 saturated heterocycles. The maximum atomic E-state index is 11.6. The van der Waals surface area contributed by atoms with Crippen molar-refractivity contribution in [3.8, 4) is 0 Å². The molecule has 0 aliphatic carbocycles. The third-order valence-corrected chi connectivity index (χ3v) is 3.83. The van der Waals surface area contributed by atoms with E-state index in [2.05, 4.69) is 4.84 Å². The fraction of sp³-hybridized carbons (Fsp3) is 0.857. The molecule has 0 aromatic rings. The van der Waals surface area contributed by atoms with Crippen molar-refractivity contribution < 1.29 is 18.0 Å². The summed E-state index contributed by atoms with van der Waals surface area (Å²) in [4.78, 5) is 14.9. The van der Waals surface area contributed by atoms with Crippen LogP contribution in [0.4, 0.5) is 0 Å². The fourth-order valence-electron chi connectivity index (χ4n) is 1.33. The Morgan fingerprint density at radius 3 is 2.43 bits per heavy atom. The Bertz CT molecular complexity index is 284. The topological polar surface area (TPSA) is 66.9 Å². The minimum absolute atomic E-state index is 0.355. The van der Waals surface area contributed by atoms with E-state index in [1.165, 1.54) is 11.4 Å². The molecule has 0 aromatic carbocycles. The first-order valence-electron chi connectivity index (χ1n) is 4.34. The number of sulfonamides is 1. The van der Waals surface area contributed by atoms with Crippen molar-refractivity contribution in [3.05, 3.63) is 0 Å². The van der Waals surface area contributed by atoms with E-state index in [9.17, 15) is 13.2 Å². The summed E-state index contributed by atoms with van der Waals surface area (Å²) in [7, 11) is -2.12. The molecule has 14 heavy (non-hydrogen) atoms. The normalized spacial score (nSPS) is 18.4. The van der Waals surface area contributed by atoms with Gasteiger partial charge in [0.15, 0.2) is 5.88 Å². The Labute approximate surface area is 83.4 Å². The second-order valence-electron chi connectivity index (χ2n) is 3.05. The highest BCUT2D eigenvalue weighted by Crippen LogP contribution is 2.13. The van der Waals surface area contributed by atoms with Crippen LogP contribution in [0.3, 0.4) is 0 Å². The van der Waals surface area contributed by atoms with Crippen molar-refractivity contribution in [1.29, 1.82) is 0 Å². The Balaban J connectivity index is 2.60. The van der Waals surface area contributed by atoms with E-state index in [4.69, 9.17) is 0 Å². The lowest BCUT2D eigenvalue weighted by Gasteiger charge is -2.19. The van der Waals surface area contributed by atoms with E-state index >= 15 is 0 Å². The van der Waals surface area contributed by atoms with Crippen LogP contribution in [-0.2, 0) is 19.7 Å². The summed E-state index contributed by atoms with van der Waals surface area (Å²) in [6, 6.07) is 0. The molecule has 7 heteroatoms. The van der Waals surface area contributed by atoms with E-state index in [1.807, 2.05) is 0 Å². The molecule has 82 valence electrons. The number of hydrogen-bond donors (Lipinski definition) is 0. The first-order valence-corrected chi connectivity index (χ1v) is 5.95. The first-order chi connectivity index (χ1) is 6.60. The summed E-state index contributed by atoms with van der Waals surface area (Å²) in [5.74, 6) is -0.410. The summed E-state index contributed by atoms with van der Waals surface area (Å²) < 4.78 is 24.6. The van der Waals surface area contributed by atoms with Crippen molar-refractivity contribution in [3.63, 3.8) is 0 Å². The largest absolute Gasteiger partial charge is 0.276 e. The lowest BCUT2D eigenvalue weighted by atomic mass is 10.4. The van der Waals surface area contributed by atoms with Gasteiger partial charge in [0.2, 0.25) is 16.4 Å². The molecule has 0 aromatic heterocycles. The number of carbonyl (C=O) groups is 1. The van der Waals surface area contributed by atoms with Gasteiger partial charge in [0.25, 0.3) is 0 Å². The quantitative estimate of drug-likeness (QED) is 0.459. The zero-order valence-electron chi connectivity index (χ0n) is 8.05. The molecule has 0 bridgehead atoms. The highest BCUT2D eigenvalue weighted by molar-refractivity contribution is 7.89. The number of carbonyl (C=O) groups excluding carboxylic acids is 1. The number of nitrogens with zero attached hydrogens (tertiary/aromatic N) is 2. The summed E-state index contributed by atoms with van der Waals surface area (Å²) in [5.41, 5.74) is 0. The van der Waals surface area contributed by atoms with Crippen LogP contribution in [0.15, 0.2) is 0 Å². The predicted molar refractivity (Wildman–Crippen MR) is 49.5 cm³/mol. The maximum absolute atomic E-state index is 11.6. The van der Waals surface area contributed by atoms with Crippen molar-refractivity contribution in [1.82, 2.24) is 9.37 Å². The van der Waals surface area contributed by atoms with E-state index in [-0.39, 0.29) is 0 Å². The Morgan fingerprint density at radius 1 is 1.43 bits per heavy atom. The second-order valence-corrected chi connectivity index (χ2v) is 4.99. The van der Waals surface area contributed by atoms with Crippen molar-refractivity contribution in [2.75, 3.05) is 26.1 Å². The molecule has 0 spiro atoms. The summed E-state index contributed by atoms with van der Waals surface area (Å²) in [5, 5.41) is 0.758. The molecule has 1 aliphatic rings. The minimum Gasteiger partial charge on any atom is -0.276 e. The molecule has 0 atom stereocenters. The summed E-state index contributed by atoms with van der Waals surface area (Å²) in [6.45, 7) is 1.08. The SMILES string of the molecule is CON(C=O)CS(=O)(=O)N1CCCC1. The molecule has 0 unspecified atom stereocenters. The fourth-order valence-corrected chi connectivity index (χ4v) is 2.80. The second kappa shape index (κ2) is 4.72.